The third kappa shape index (κ3) is 3.84. The summed E-state index contributed by atoms with van der Waals surface area (Å²) in [4.78, 5) is 9.65. The van der Waals surface area contributed by atoms with Gasteiger partial charge in [0.25, 0.3) is 0 Å². The highest BCUT2D eigenvalue weighted by atomic mass is 19.3. The minimum atomic E-state index is -2.60. The number of likely N-dealkylation sites (tertiary alicyclic amines) is 1. The fourth-order valence-corrected chi connectivity index (χ4v) is 5.82. The smallest absolute Gasteiger partial charge is 0.250 e. The normalized spacial score (nSPS) is 21.8. The fourth-order valence-electron chi connectivity index (χ4n) is 5.82. The number of benzene rings is 1. The highest BCUT2D eigenvalue weighted by Gasteiger charge is 2.58. The second kappa shape index (κ2) is 7.94. The molecule has 3 heterocycles. The molecule has 1 saturated heterocycles. The summed E-state index contributed by atoms with van der Waals surface area (Å²) in [5.41, 5.74) is 3.43. The van der Waals surface area contributed by atoms with Crippen molar-refractivity contribution in [3.63, 3.8) is 0 Å². The van der Waals surface area contributed by atoms with Crippen LogP contribution in [-0.4, -0.2) is 41.6 Å². The van der Waals surface area contributed by atoms with E-state index in [9.17, 15) is 13.2 Å². The number of hydrogen-bond donors (Lipinski definition) is 1. The number of rotatable bonds is 5. The number of halogens is 3. The molecule has 0 amide bonds. The van der Waals surface area contributed by atoms with E-state index in [0.29, 0.717) is 31.5 Å². The Hall–Kier alpha value is -2.74. The zero-order chi connectivity index (χ0) is 23.4. The average molecular weight is 460 g/mol. The van der Waals surface area contributed by atoms with Crippen LogP contribution in [0.15, 0.2) is 30.6 Å². The van der Waals surface area contributed by atoms with E-state index in [0.717, 1.165) is 27.8 Å². The first-order valence-corrected chi connectivity index (χ1v) is 11.2. The molecular weight excluding hydrogens is 431 g/mol. The standard InChI is InChI=1S/C25H28F3N3O2/c1-15-8-21(32-2)18(17-4-6-29-22(15)17)12-31-7-5-24(13-25(27,28)14-24)10-20(31)16-9-19(26)23(33-3)30-11-16/h4,6,8-9,11,20,29H,5,7,10,12-14H2,1-3H3. The Kier molecular flexibility index (Phi) is 5.31. The molecule has 1 spiro atoms. The lowest BCUT2D eigenvalue weighted by Gasteiger charge is -2.54. The molecule has 1 aromatic carbocycles. The summed E-state index contributed by atoms with van der Waals surface area (Å²) in [5, 5.41) is 1.07. The van der Waals surface area contributed by atoms with Crippen LogP contribution in [0.4, 0.5) is 13.2 Å². The van der Waals surface area contributed by atoms with E-state index in [4.69, 9.17) is 9.47 Å². The molecule has 5 rings (SSSR count). The van der Waals surface area contributed by atoms with Crippen LogP contribution in [0.2, 0.25) is 0 Å². The van der Waals surface area contributed by atoms with E-state index in [1.54, 1.807) is 13.3 Å². The Morgan fingerprint density at radius 2 is 2.00 bits per heavy atom. The number of hydrogen-bond acceptors (Lipinski definition) is 4. The SMILES string of the molecule is COc1cc(C)c2[nH]ccc2c1CN1CCC2(CC1c1cnc(OC)c(F)c1)CC(F)(F)C2. The van der Waals surface area contributed by atoms with E-state index >= 15 is 0 Å². The summed E-state index contributed by atoms with van der Waals surface area (Å²) in [6, 6.07) is 5.23. The molecule has 5 nitrogen and oxygen atoms in total. The molecule has 1 aliphatic carbocycles. The lowest BCUT2D eigenvalue weighted by Crippen LogP contribution is -2.53. The largest absolute Gasteiger partial charge is 0.496 e. The molecule has 0 radical (unpaired) electrons. The summed E-state index contributed by atoms with van der Waals surface area (Å²) in [7, 11) is 3.02. The molecule has 1 saturated carbocycles. The topological polar surface area (TPSA) is 50.4 Å². The van der Waals surface area contributed by atoms with Crippen LogP contribution in [0, 0.1) is 18.2 Å². The third-order valence-corrected chi connectivity index (χ3v) is 7.36. The minimum Gasteiger partial charge on any atom is -0.496 e. The van der Waals surface area contributed by atoms with Crippen LogP contribution in [0.25, 0.3) is 10.9 Å². The zero-order valence-corrected chi connectivity index (χ0v) is 19.1. The van der Waals surface area contributed by atoms with Gasteiger partial charge in [-0.25, -0.2) is 18.2 Å². The first-order valence-electron chi connectivity index (χ1n) is 11.2. The summed E-state index contributed by atoms with van der Waals surface area (Å²) < 4.78 is 52.9. The van der Waals surface area contributed by atoms with E-state index in [2.05, 4.69) is 14.9 Å². The summed E-state index contributed by atoms with van der Waals surface area (Å²) in [6.07, 6.45) is 4.53. The van der Waals surface area contributed by atoms with Crippen molar-refractivity contribution in [3.05, 3.63) is 53.1 Å². The second-order valence-corrected chi connectivity index (χ2v) is 9.55. The predicted molar refractivity (Wildman–Crippen MR) is 119 cm³/mol. The third-order valence-electron chi connectivity index (χ3n) is 7.36. The molecule has 176 valence electrons. The van der Waals surface area contributed by atoms with Crippen LogP contribution < -0.4 is 9.47 Å². The molecule has 1 N–H and O–H groups in total. The number of ether oxygens (including phenoxy) is 2. The van der Waals surface area contributed by atoms with Gasteiger partial charge in [0.05, 0.1) is 14.2 Å². The molecule has 33 heavy (non-hydrogen) atoms. The summed E-state index contributed by atoms with van der Waals surface area (Å²) >= 11 is 0. The van der Waals surface area contributed by atoms with Crippen molar-refractivity contribution in [3.8, 4) is 11.6 Å². The molecule has 1 atom stereocenters. The number of piperidine rings is 1. The molecule has 1 aliphatic heterocycles. The predicted octanol–water partition coefficient (Wildman–Crippen LogP) is 5.78. The quantitative estimate of drug-likeness (QED) is 0.526. The van der Waals surface area contributed by atoms with Crippen LogP contribution in [0.1, 0.15) is 48.4 Å². The molecule has 2 aliphatic rings. The van der Waals surface area contributed by atoms with Crippen molar-refractivity contribution in [1.82, 2.24) is 14.9 Å². The van der Waals surface area contributed by atoms with Crippen LogP contribution >= 0.6 is 0 Å². The van der Waals surface area contributed by atoms with Gasteiger partial charge in [-0.15, -0.1) is 0 Å². The van der Waals surface area contributed by atoms with E-state index < -0.39 is 17.2 Å². The molecule has 0 bridgehead atoms. The molecule has 2 fully saturated rings. The average Bonchev–Trinajstić information content (AvgIpc) is 3.26. The lowest BCUT2D eigenvalue weighted by molar-refractivity contribution is -0.186. The Labute approximate surface area is 190 Å². The molecule has 3 aromatic rings. The highest BCUT2D eigenvalue weighted by molar-refractivity contribution is 5.88. The van der Waals surface area contributed by atoms with Crippen LogP contribution in [0.5, 0.6) is 11.6 Å². The van der Waals surface area contributed by atoms with Crippen molar-refractivity contribution in [2.24, 2.45) is 5.41 Å². The highest BCUT2D eigenvalue weighted by Crippen LogP contribution is 2.60. The van der Waals surface area contributed by atoms with Gasteiger partial charge in [-0.2, -0.15) is 0 Å². The first kappa shape index (κ1) is 22.1. The van der Waals surface area contributed by atoms with E-state index in [1.165, 1.54) is 13.2 Å². The van der Waals surface area contributed by atoms with Crippen molar-refractivity contribution in [2.45, 2.75) is 51.1 Å². The van der Waals surface area contributed by atoms with Gasteiger partial charge in [-0.3, -0.25) is 4.90 Å². The maximum Gasteiger partial charge on any atom is 0.250 e. The Balaban J connectivity index is 1.52. The number of nitrogens with one attached hydrogen (secondary N) is 1. The Morgan fingerprint density at radius 1 is 1.21 bits per heavy atom. The number of aromatic nitrogens is 2. The van der Waals surface area contributed by atoms with Gasteiger partial charge in [0.15, 0.2) is 5.82 Å². The molecular formula is C25H28F3N3O2. The number of alkyl halides is 2. The molecule has 1 unspecified atom stereocenters. The lowest BCUT2D eigenvalue weighted by atomic mass is 9.59. The van der Waals surface area contributed by atoms with Gasteiger partial charge in [0.2, 0.25) is 11.8 Å². The van der Waals surface area contributed by atoms with Crippen molar-refractivity contribution in [2.75, 3.05) is 20.8 Å². The van der Waals surface area contributed by atoms with Gasteiger partial charge in [-0.1, -0.05) is 0 Å². The molecule has 8 heteroatoms. The van der Waals surface area contributed by atoms with Gasteiger partial charge in [-0.05, 0) is 61.1 Å². The number of fused-ring (bicyclic) bond motifs is 1. The monoisotopic (exact) mass is 459 g/mol. The maximum atomic E-state index is 14.6. The van der Waals surface area contributed by atoms with E-state index in [1.807, 2.05) is 25.3 Å². The maximum absolute atomic E-state index is 14.6. The number of aryl methyl sites for hydroxylation is 1. The van der Waals surface area contributed by atoms with Crippen molar-refractivity contribution in [1.29, 1.82) is 0 Å². The number of nitrogens with zero attached hydrogens (tertiary/aromatic N) is 2. The number of H-pyrrole nitrogens is 1. The zero-order valence-electron chi connectivity index (χ0n) is 19.1. The van der Waals surface area contributed by atoms with Crippen LogP contribution in [-0.2, 0) is 6.54 Å². The number of methoxy groups -OCH3 is 2. The van der Waals surface area contributed by atoms with E-state index in [-0.39, 0.29) is 24.8 Å². The first-order chi connectivity index (χ1) is 15.7. The van der Waals surface area contributed by atoms with Gasteiger partial charge >= 0.3 is 0 Å². The number of pyridine rings is 1. The van der Waals surface area contributed by atoms with Crippen LogP contribution in [0.3, 0.4) is 0 Å². The fraction of sp³-hybridized carbons (Fsp3) is 0.480. The second-order valence-electron chi connectivity index (χ2n) is 9.55. The van der Waals surface area contributed by atoms with Gasteiger partial charge < -0.3 is 14.5 Å². The van der Waals surface area contributed by atoms with Crippen molar-refractivity contribution >= 4 is 10.9 Å². The van der Waals surface area contributed by atoms with Crippen molar-refractivity contribution < 1.29 is 22.6 Å². The summed E-state index contributed by atoms with van der Waals surface area (Å²) in [5.74, 6) is -2.43. The Morgan fingerprint density at radius 3 is 2.67 bits per heavy atom. The Bertz CT molecular complexity index is 1190. The van der Waals surface area contributed by atoms with Gasteiger partial charge in [0, 0.05) is 54.3 Å². The van der Waals surface area contributed by atoms with Gasteiger partial charge in [0.1, 0.15) is 5.75 Å². The summed E-state index contributed by atoms with van der Waals surface area (Å²) in [6.45, 7) is 3.22. The minimum absolute atomic E-state index is 0.0692. The molecule has 2 aromatic heterocycles. The number of aromatic amines is 1.